The lowest BCUT2D eigenvalue weighted by Crippen LogP contribution is -2.06. The average molecular weight is 246 g/mol. The molecule has 0 radical (unpaired) electrons. The van der Waals surface area contributed by atoms with E-state index in [4.69, 9.17) is 5.73 Å². The van der Waals surface area contributed by atoms with Crippen LogP contribution in [0.15, 0.2) is 4.73 Å². The summed E-state index contributed by atoms with van der Waals surface area (Å²) in [5.74, 6) is 0.642. The number of nitrogens with one attached hydrogen (secondary N) is 1. The third kappa shape index (κ3) is 3.12. The summed E-state index contributed by atoms with van der Waals surface area (Å²) in [5, 5.41) is 0. The highest BCUT2D eigenvalue weighted by Gasteiger charge is 2.09. The smallest absolute Gasteiger partial charge is 0.174 e. The standard InChI is InChI=1S/C9H16BrN3/c1-6(2)5-8-7(3-4-11)12-9(10)13-8/h6H,3-5,11H2,1-2H3,(H,12,13). The van der Waals surface area contributed by atoms with E-state index in [-0.39, 0.29) is 0 Å². The van der Waals surface area contributed by atoms with Gasteiger partial charge in [0.05, 0.1) is 5.69 Å². The molecule has 3 N–H and O–H groups in total. The average Bonchev–Trinajstić information content (AvgIpc) is 2.31. The molecular formula is C9H16BrN3. The molecule has 13 heavy (non-hydrogen) atoms. The van der Waals surface area contributed by atoms with E-state index in [9.17, 15) is 0 Å². The van der Waals surface area contributed by atoms with Gasteiger partial charge in [-0.25, -0.2) is 4.98 Å². The molecule has 0 bridgehead atoms. The molecule has 3 nitrogen and oxygen atoms in total. The van der Waals surface area contributed by atoms with E-state index in [1.165, 1.54) is 5.69 Å². The Bertz CT molecular complexity index is 268. The Hall–Kier alpha value is -0.350. The van der Waals surface area contributed by atoms with Crippen molar-refractivity contribution in [2.24, 2.45) is 11.7 Å². The predicted molar refractivity (Wildman–Crippen MR) is 57.6 cm³/mol. The number of hydrogen-bond donors (Lipinski definition) is 2. The van der Waals surface area contributed by atoms with Gasteiger partial charge in [0.25, 0.3) is 0 Å². The summed E-state index contributed by atoms with van der Waals surface area (Å²) >= 11 is 3.34. The van der Waals surface area contributed by atoms with Crippen LogP contribution in [-0.2, 0) is 12.8 Å². The molecule has 0 aliphatic heterocycles. The molecule has 0 unspecified atom stereocenters. The van der Waals surface area contributed by atoms with E-state index < -0.39 is 0 Å². The fourth-order valence-electron chi connectivity index (χ4n) is 1.33. The molecule has 74 valence electrons. The summed E-state index contributed by atoms with van der Waals surface area (Å²) in [6, 6.07) is 0. The summed E-state index contributed by atoms with van der Waals surface area (Å²) in [4.78, 5) is 7.55. The van der Waals surface area contributed by atoms with Crippen molar-refractivity contribution in [3.63, 3.8) is 0 Å². The number of halogens is 1. The Labute approximate surface area is 87.3 Å². The lowest BCUT2D eigenvalue weighted by atomic mass is 10.1. The zero-order chi connectivity index (χ0) is 9.84. The van der Waals surface area contributed by atoms with Crippen molar-refractivity contribution < 1.29 is 0 Å². The Kier molecular flexibility index (Phi) is 3.93. The van der Waals surface area contributed by atoms with Gasteiger partial charge in [0.15, 0.2) is 4.73 Å². The van der Waals surface area contributed by atoms with Crippen LogP contribution in [-0.4, -0.2) is 16.5 Å². The maximum Gasteiger partial charge on any atom is 0.174 e. The minimum atomic E-state index is 0.642. The first kappa shape index (κ1) is 10.7. The monoisotopic (exact) mass is 245 g/mol. The normalized spacial score (nSPS) is 11.2. The van der Waals surface area contributed by atoms with Crippen LogP contribution in [0.5, 0.6) is 0 Å². The Morgan fingerprint density at radius 3 is 2.77 bits per heavy atom. The van der Waals surface area contributed by atoms with Crippen molar-refractivity contribution in [1.82, 2.24) is 9.97 Å². The van der Waals surface area contributed by atoms with Crippen LogP contribution in [0.3, 0.4) is 0 Å². The first-order valence-corrected chi connectivity index (χ1v) is 5.36. The van der Waals surface area contributed by atoms with Gasteiger partial charge in [0.2, 0.25) is 0 Å². The van der Waals surface area contributed by atoms with Crippen molar-refractivity contribution in [2.45, 2.75) is 26.7 Å². The van der Waals surface area contributed by atoms with Crippen LogP contribution in [0.4, 0.5) is 0 Å². The number of nitrogens with two attached hydrogens (primary N) is 1. The largest absolute Gasteiger partial charge is 0.336 e. The lowest BCUT2D eigenvalue weighted by Gasteiger charge is -2.03. The van der Waals surface area contributed by atoms with Gasteiger partial charge in [-0.3, -0.25) is 0 Å². The minimum absolute atomic E-state index is 0.642. The predicted octanol–water partition coefficient (Wildman–Crippen LogP) is 1.87. The number of aromatic nitrogens is 2. The second kappa shape index (κ2) is 4.77. The van der Waals surface area contributed by atoms with Crippen LogP contribution in [0.1, 0.15) is 25.2 Å². The van der Waals surface area contributed by atoms with E-state index in [1.807, 2.05) is 0 Å². The Morgan fingerprint density at radius 1 is 1.54 bits per heavy atom. The van der Waals surface area contributed by atoms with Crippen molar-refractivity contribution in [3.8, 4) is 0 Å². The summed E-state index contributed by atoms with van der Waals surface area (Å²) in [6.45, 7) is 5.05. The van der Waals surface area contributed by atoms with Gasteiger partial charge in [-0.2, -0.15) is 0 Å². The van der Waals surface area contributed by atoms with E-state index in [1.54, 1.807) is 0 Å². The molecule has 0 aliphatic rings. The molecule has 0 saturated heterocycles. The maximum absolute atomic E-state index is 5.50. The number of aromatic amines is 1. The zero-order valence-corrected chi connectivity index (χ0v) is 9.69. The molecular weight excluding hydrogens is 230 g/mol. The molecule has 0 spiro atoms. The van der Waals surface area contributed by atoms with Gasteiger partial charge in [-0.15, -0.1) is 0 Å². The Balaban J connectivity index is 2.77. The Morgan fingerprint density at radius 2 is 2.23 bits per heavy atom. The van der Waals surface area contributed by atoms with Crippen LogP contribution < -0.4 is 5.73 Å². The summed E-state index contributed by atoms with van der Waals surface area (Å²) < 4.78 is 0.812. The van der Waals surface area contributed by atoms with E-state index in [2.05, 4.69) is 39.7 Å². The fourth-order valence-corrected chi connectivity index (χ4v) is 1.78. The van der Waals surface area contributed by atoms with Crippen LogP contribution in [0.25, 0.3) is 0 Å². The highest BCUT2D eigenvalue weighted by molar-refractivity contribution is 9.10. The molecule has 1 aromatic heterocycles. The lowest BCUT2D eigenvalue weighted by molar-refractivity contribution is 0.631. The second-order valence-electron chi connectivity index (χ2n) is 3.59. The SMILES string of the molecule is CC(C)Cc1[nH]c(Br)nc1CCN. The molecule has 4 heteroatoms. The van der Waals surface area contributed by atoms with E-state index in [0.717, 1.165) is 23.3 Å². The van der Waals surface area contributed by atoms with Crippen molar-refractivity contribution in [2.75, 3.05) is 6.54 Å². The van der Waals surface area contributed by atoms with Crippen LogP contribution in [0.2, 0.25) is 0 Å². The number of imidazole rings is 1. The third-order valence-corrected chi connectivity index (χ3v) is 2.20. The van der Waals surface area contributed by atoms with E-state index >= 15 is 0 Å². The van der Waals surface area contributed by atoms with Crippen molar-refractivity contribution in [1.29, 1.82) is 0 Å². The molecule has 1 aromatic rings. The molecule has 0 aliphatic carbocycles. The first-order chi connectivity index (χ1) is 6.13. The topological polar surface area (TPSA) is 54.7 Å². The van der Waals surface area contributed by atoms with Crippen LogP contribution >= 0.6 is 15.9 Å². The van der Waals surface area contributed by atoms with Gasteiger partial charge < -0.3 is 10.7 Å². The van der Waals surface area contributed by atoms with Gasteiger partial charge in [-0.05, 0) is 34.8 Å². The van der Waals surface area contributed by atoms with Gasteiger partial charge in [0.1, 0.15) is 0 Å². The number of hydrogen-bond acceptors (Lipinski definition) is 2. The van der Waals surface area contributed by atoms with Gasteiger partial charge in [-0.1, -0.05) is 13.8 Å². The number of rotatable bonds is 4. The highest BCUT2D eigenvalue weighted by Crippen LogP contribution is 2.15. The summed E-state index contributed by atoms with van der Waals surface area (Å²) in [7, 11) is 0. The zero-order valence-electron chi connectivity index (χ0n) is 8.10. The molecule has 0 amide bonds. The quantitative estimate of drug-likeness (QED) is 0.852. The second-order valence-corrected chi connectivity index (χ2v) is 4.34. The fraction of sp³-hybridized carbons (Fsp3) is 0.667. The maximum atomic E-state index is 5.50. The van der Waals surface area contributed by atoms with Gasteiger partial charge in [0, 0.05) is 12.1 Å². The molecule has 0 fully saturated rings. The molecule has 1 rings (SSSR count). The van der Waals surface area contributed by atoms with E-state index in [0.29, 0.717) is 12.5 Å². The first-order valence-electron chi connectivity index (χ1n) is 4.56. The third-order valence-electron chi connectivity index (χ3n) is 1.83. The molecule has 0 atom stereocenters. The van der Waals surface area contributed by atoms with Crippen LogP contribution in [0, 0.1) is 5.92 Å². The van der Waals surface area contributed by atoms with Crippen molar-refractivity contribution in [3.05, 3.63) is 16.1 Å². The summed E-state index contributed by atoms with van der Waals surface area (Å²) in [6.07, 6.45) is 1.89. The minimum Gasteiger partial charge on any atom is -0.336 e. The highest BCUT2D eigenvalue weighted by atomic mass is 79.9. The molecule has 0 saturated carbocycles. The van der Waals surface area contributed by atoms with Gasteiger partial charge >= 0.3 is 0 Å². The molecule has 1 heterocycles. The van der Waals surface area contributed by atoms with Crippen molar-refractivity contribution >= 4 is 15.9 Å². The molecule has 0 aromatic carbocycles. The number of H-pyrrole nitrogens is 1. The summed E-state index contributed by atoms with van der Waals surface area (Å²) in [5.41, 5.74) is 7.82. The number of nitrogens with zero attached hydrogens (tertiary/aromatic N) is 1.